The van der Waals surface area contributed by atoms with Crippen molar-refractivity contribution in [3.8, 4) is 5.75 Å². The fourth-order valence-corrected chi connectivity index (χ4v) is 2.85. The summed E-state index contributed by atoms with van der Waals surface area (Å²) in [6.07, 6.45) is 0. The second kappa shape index (κ2) is 6.58. The number of carbonyl (C=O) groups excluding carboxylic acids is 1. The summed E-state index contributed by atoms with van der Waals surface area (Å²) >= 11 is 1.45. The molecule has 1 aromatic carbocycles. The summed E-state index contributed by atoms with van der Waals surface area (Å²) in [6, 6.07) is 7.56. The molecule has 0 atom stereocenters. The molecule has 2 aromatic rings. The van der Waals surface area contributed by atoms with E-state index in [0.717, 1.165) is 16.3 Å². The van der Waals surface area contributed by atoms with Crippen molar-refractivity contribution in [3.05, 3.63) is 34.8 Å². The number of nitrogens with one attached hydrogen (secondary N) is 1. The van der Waals surface area contributed by atoms with E-state index in [1.54, 1.807) is 7.11 Å². The predicted molar refractivity (Wildman–Crippen MR) is 83.8 cm³/mol. The van der Waals surface area contributed by atoms with Crippen LogP contribution in [0.25, 0.3) is 0 Å². The van der Waals surface area contributed by atoms with Gasteiger partial charge in [-0.05, 0) is 18.1 Å². The van der Waals surface area contributed by atoms with Gasteiger partial charge in [0.15, 0.2) is 10.8 Å². The molecule has 0 aliphatic carbocycles. The fourth-order valence-electron chi connectivity index (χ4n) is 1.88. The van der Waals surface area contributed by atoms with Gasteiger partial charge in [-0.1, -0.05) is 26.0 Å². The number of hydrogen-bond acceptors (Lipinski definition) is 6. The molecule has 5 nitrogen and oxygen atoms in total. The van der Waals surface area contributed by atoms with Gasteiger partial charge < -0.3 is 14.8 Å². The highest BCUT2D eigenvalue weighted by Gasteiger charge is 2.21. The number of hydrogen-bond donors (Lipinski definition) is 1. The molecule has 1 N–H and O–H groups in total. The molecule has 0 amide bonds. The maximum absolute atomic E-state index is 11.8. The lowest BCUT2D eigenvalue weighted by molar-refractivity contribution is 0.0593. The molecule has 112 valence electrons. The minimum atomic E-state index is -0.414. The Morgan fingerprint density at radius 1 is 1.29 bits per heavy atom. The number of carbonyl (C=O) groups is 1. The zero-order valence-corrected chi connectivity index (χ0v) is 13.3. The number of ether oxygens (including phenoxy) is 2. The largest absolute Gasteiger partial charge is 0.495 e. The van der Waals surface area contributed by atoms with Crippen molar-refractivity contribution >= 4 is 28.1 Å². The molecule has 2 rings (SSSR count). The molecule has 0 fully saturated rings. The number of benzene rings is 1. The van der Waals surface area contributed by atoms with Crippen LogP contribution in [0.4, 0.5) is 10.8 Å². The van der Waals surface area contributed by atoms with E-state index in [1.807, 2.05) is 38.1 Å². The van der Waals surface area contributed by atoms with E-state index in [2.05, 4.69) is 10.3 Å². The third kappa shape index (κ3) is 3.33. The molecular weight excluding hydrogens is 288 g/mol. The number of para-hydroxylation sites is 2. The summed E-state index contributed by atoms with van der Waals surface area (Å²) in [7, 11) is 2.97. The number of aromatic nitrogens is 1. The second-order valence-electron chi connectivity index (χ2n) is 4.70. The lowest BCUT2D eigenvalue weighted by atomic mass is 10.1. The van der Waals surface area contributed by atoms with E-state index >= 15 is 0 Å². The van der Waals surface area contributed by atoms with Crippen LogP contribution in [-0.2, 0) is 4.74 Å². The molecule has 0 spiro atoms. The van der Waals surface area contributed by atoms with E-state index in [4.69, 9.17) is 9.47 Å². The Labute approximate surface area is 127 Å². The Morgan fingerprint density at radius 2 is 2.00 bits per heavy atom. The predicted octanol–water partition coefficient (Wildman–Crippen LogP) is 3.81. The molecule has 1 heterocycles. The van der Waals surface area contributed by atoms with Crippen molar-refractivity contribution in [2.75, 3.05) is 19.5 Å². The average molecular weight is 306 g/mol. The third-order valence-corrected chi connectivity index (χ3v) is 4.18. The number of methoxy groups -OCH3 is 2. The number of rotatable bonds is 5. The van der Waals surface area contributed by atoms with Crippen LogP contribution < -0.4 is 10.1 Å². The molecule has 0 aliphatic rings. The molecule has 0 saturated heterocycles. The first-order valence-electron chi connectivity index (χ1n) is 6.56. The molecule has 0 aliphatic heterocycles. The Balaban J connectivity index is 2.35. The van der Waals surface area contributed by atoms with Crippen molar-refractivity contribution in [1.29, 1.82) is 0 Å². The van der Waals surface area contributed by atoms with Gasteiger partial charge in [0.05, 0.1) is 19.9 Å². The fraction of sp³-hybridized carbons (Fsp3) is 0.333. The first-order chi connectivity index (χ1) is 10.1. The van der Waals surface area contributed by atoms with E-state index in [-0.39, 0.29) is 5.92 Å². The maximum Gasteiger partial charge on any atom is 0.357 e. The van der Waals surface area contributed by atoms with Gasteiger partial charge >= 0.3 is 5.97 Å². The Kier molecular flexibility index (Phi) is 4.80. The molecule has 6 heteroatoms. The standard InChI is InChI=1S/C15H18N2O3S/c1-9(2)13-12(14(18)20-4)17-15(21-13)16-10-7-5-6-8-11(10)19-3/h5-9H,1-4H3,(H,16,17). The van der Waals surface area contributed by atoms with Gasteiger partial charge in [0.1, 0.15) is 5.75 Å². The topological polar surface area (TPSA) is 60.5 Å². The lowest BCUT2D eigenvalue weighted by Crippen LogP contribution is -2.05. The van der Waals surface area contributed by atoms with Crippen molar-refractivity contribution in [2.45, 2.75) is 19.8 Å². The van der Waals surface area contributed by atoms with Gasteiger partial charge in [-0.2, -0.15) is 0 Å². The smallest absolute Gasteiger partial charge is 0.357 e. The van der Waals surface area contributed by atoms with Crippen molar-refractivity contribution in [1.82, 2.24) is 4.98 Å². The zero-order chi connectivity index (χ0) is 15.4. The summed E-state index contributed by atoms with van der Waals surface area (Å²) in [5.74, 6) is 0.506. The van der Waals surface area contributed by atoms with Crippen LogP contribution in [0.3, 0.4) is 0 Å². The quantitative estimate of drug-likeness (QED) is 0.851. The molecular formula is C15H18N2O3S. The van der Waals surface area contributed by atoms with Crippen LogP contribution in [0, 0.1) is 0 Å². The van der Waals surface area contributed by atoms with E-state index in [0.29, 0.717) is 10.8 Å². The van der Waals surface area contributed by atoms with Crippen LogP contribution in [0.5, 0.6) is 5.75 Å². The molecule has 0 saturated carbocycles. The average Bonchev–Trinajstić information content (AvgIpc) is 2.91. The van der Waals surface area contributed by atoms with Crippen LogP contribution in [0.2, 0.25) is 0 Å². The summed E-state index contributed by atoms with van der Waals surface area (Å²) in [4.78, 5) is 17.0. The summed E-state index contributed by atoms with van der Waals surface area (Å²) in [5, 5.41) is 3.83. The number of esters is 1. The van der Waals surface area contributed by atoms with Crippen LogP contribution in [0.1, 0.15) is 35.1 Å². The first kappa shape index (κ1) is 15.3. The molecule has 1 aromatic heterocycles. The highest BCUT2D eigenvalue weighted by Crippen LogP contribution is 2.34. The molecule has 21 heavy (non-hydrogen) atoms. The normalized spacial score (nSPS) is 10.5. The number of thiazole rings is 1. The van der Waals surface area contributed by atoms with E-state index < -0.39 is 5.97 Å². The highest BCUT2D eigenvalue weighted by atomic mass is 32.1. The van der Waals surface area contributed by atoms with Crippen LogP contribution in [0.15, 0.2) is 24.3 Å². The summed E-state index contributed by atoms with van der Waals surface area (Å²) < 4.78 is 10.1. The highest BCUT2D eigenvalue weighted by molar-refractivity contribution is 7.16. The maximum atomic E-state index is 11.8. The van der Waals surface area contributed by atoms with Gasteiger partial charge in [0, 0.05) is 4.88 Å². The molecule has 0 unspecified atom stereocenters. The Bertz CT molecular complexity index is 638. The first-order valence-corrected chi connectivity index (χ1v) is 7.37. The van der Waals surface area contributed by atoms with Crippen molar-refractivity contribution in [2.24, 2.45) is 0 Å². The van der Waals surface area contributed by atoms with Crippen LogP contribution >= 0.6 is 11.3 Å². The molecule has 0 bridgehead atoms. The van der Waals surface area contributed by atoms with Gasteiger partial charge in [-0.15, -0.1) is 11.3 Å². The van der Waals surface area contributed by atoms with Gasteiger partial charge in [0.25, 0.3) is 0 Å². The summed E-state index contributed by atoms with van der Waals surface area (Å²) in [6.45, 7) is 4.04. The van der Waals surface area contributed by atoms with Gasteiger partial charge in [-0.25, -0.2) is 9.78 Å². The second-order valence-corrected chi connectivity index (χ2v) is 5.73. The van der Waals surface area contributed by atoms with Crippen molar-refractivity contribution in [3.63, 3.8) is 0 Å². The number of anilines is 2. The van der Waals surface area contributed by atoms with Crippen LogP contribution in [-0.4, -0.2) is 25.2 Å². The zero-order valence-electron chi connectivity index (χ0n) is 12.5. The third-order valence-electron chi connectivity index (χ3n) is 2.91. The molecule has 0 radical (unpaired) electrons. The van der Waals surface area contributed by atoms with Crippen molar-refractivity contribution < 1.29 is 14.3 Å². The van der Waals surface area contributed by atoms with Gasteiger partial charge in [-0.3, -0.25) is 0 Å². The van der Waals surface area contributed by atoms with E-state index in [9.17, 15) is 4.79 Å². The monoisotopic (exact) mass is 306 g/mol. The lowest BCUT2D eigenvalue weighted by Gasteiger charge is -2.08. The van der Waals surface area contributed by atoms with Gasteiger partial charge in [0.2, 0.25) is 0 Å². The Morgan fingerprint density at radius 3 is 2.62 bits per heavy atom. The number of nitrogens with zero attached hydrogens (tertiary/aromatic N) is 1. The minimum Gasteiger partial charge on any atom is -0.495 e. The SMILES string of the molecule is COC(=O)c1nc(Nc2ccccc2OC)sc1C(C)C. The minimum absolute atomic E-state index is 0.199. The Hall–Kier alpha value is -2.08. The van der Waals surface area contributed by atoms with E-state index in [1.165, 1.54) is 18.4 Å². The summed E-state index contributed by atoms with van der Waals surface area (Å²) in [5.41, 5.74) is 1.18.